The fourth-order valence-corrected chi connectivity index (χ4v) is 3.01. The number of ketones is 1. The molecule has 29 heavy (non-hydrogen) atoms. The van der Waals surface area contributed by atoms with E-state index in [0.717, 1.165) is 28.3 Å². The van der Waals surface area contributed by atoms with Gasteiger partial charge in [-0.3, -0.25) is 9.48 Å². The smallest absolute Gasteiger partial charge is 0.189 e. The lowest BCUT2D eigenvalue weighted by Gasteiger charge is -2.02. The zero-order chi connectivity index (χ0) is 20.2. The van der Waals surface area contributed by atoms with E-state index in [1.54, 1.807) is 43.4 Å². The Bertz CT molecular complexity index is 1160. The highest BCUT2D eigenvalue weighted by molar-refractivity contribution is 6.06. The Morgan fingerprint density at radius 2 is 1.79 bits per heavy atom. The molecule has 4 aromatic rings. The Labute approximate surface area is 168 Å². The number of para-hydroxylation sites is 1. The van der Waals surface area contributed by atoms with E-state index in [1.807, 2.05) is 65.5 Å². The van der Waals surface area contributed by atoms with E-state index in [2.05, 4.69) is 5.10 Å². The van der Waals surface area contributed by atoms with Crippen LogP contribution in [0.3, 0.4) is 0 Å². The van der Waals surface area contributed by atoms with Crippen molar-refractivity contribution in [3.05, 3.63) is 90.4 Å². The number of rotatable bonds is 6. The van der Waals surface area contributed by atoms with Gasteiger partial charge < -0.3 is 4.74 Å². The van der Waals surface area contributed by atoms with E-state index in [0.29, 0.717) is 5.56 Å². The van der Waals surface area contributed by atoms with E-state index < -0.39 is 0 Å². The number of methoxy groups -OCH3 is 1. The van der Waals surface area contributed by atoms with Gasteiger partial charge in [-0.15, -0.1) is 0 Å². The van der Waals surface area contributed by atoms with Gasteiger partial charge in [0, 0.05) is 30.6 Å². The number of nitrogens with zero attached hydrogens (tertiary/aromatic N) is 4. The fraction of sp³-hybridized carbons (Fsp3) is 0.0870. The molecule has 144 valence electrons. The number of hydrogen-bond acceptors (Lipinski definition) is 4. The molecule has 0 unspecified atom stereocenters. The van der Waals surface area contributed by atoms with Crippen LogP contribution < -0.4 is 4.74 Å². The number of ether oxygens (including phenoxy) is 1. The first-order valence-corrected chi connectivity index (χ1v) is 9.14. The molecule has 0 aliphatic carbocycles. The first kappa shape index (κ1) is 18.4. The molecule has 2 aromatic carbocycles. The normalized spacial score (nSPS) is 11.1. The highest BCUT2D eigenvalue weighted by atomic mass is 16.5. The van der Waals surface area contributed by atoms with E-state index >= 15 is 0 Å². The number of carbonyl (C=O) groups excluding carboxylic acids is 1. The molecular formula is C23H20N4O2. The van der Waals surface area contributed by atoms with Gasteiger partial charge >= 0.3 is 0 Å². The molecule has 0 fully saturated rings. The average Bonchev–Trinajstić information content (AvgIpc) is 3.39. The van der Waals surface area contributed by atoms with E-state index in [9.17, 15) is 4.79 Å². The zero-order valence-corrected chi connectivity index (χ0v) is 16.2. The molecule has 4 rings (SSSR count). The third-order valence-corrected chi connectivity index (χ3v) is 4.53. The van der Waals surface area contributed by atoms with Gasteiger partial charge in [0.05, 0.1) is 30.3 Å². The molecule has 0 spiro atoms. The first-order valence-electron chi connectivity index (χ1n) is 9.14. The summed E-state index contributed by atoms with van der Waals surface area (Å²) in [5.41, 5.74) is 4.06. The fourth-order valence-electron chi connectivity index (χ4n) is 3.01. The Kier molecular flexibility index (Phi) is 5.07. The van der Waals surface area contributed by atoms with Gasteiger partial charge in [-0.25, -0.2) is 4.68 Å². The summed E-state index contributed by atoms with van der Waals surface area (Å²) in [5.74, 6) is 0.673. The molecular weight excluding hydrogens is 364 g/mol. The zero-order valence-electron chi connectivity index (χ0n) is 16.2. The maximum atomic E-state index is 12.5. The SMILES string of the molecule is COc1ccc(-c2nn(-c3ccccc3)cc2/C=C/C(=O)c2cnn(C)c2)cc1. The summed E-state index contributed by atoms with van der Waals surface area (Å²) in [6.07, 6.45) is 8.52. The number of aryl methyl sites for hydroxylation is 1. The summed E-state index contributed by atoms with van der Waals surface area (Å²) in [6, 6.07) is 17.6. The van der Waals surface area contributed by atoms with Crippen molar-refractivity contribution < 1.29 is 9.53 Å². The molecule has 0 atom stereocenters. The molecule has 0 bridgehead atoms. The third-order valence-electron chi connectivity index (χ3n) is 4.53. The summed E-state index contributed by atoms with van der Waals surface area (Å²) in [6.45, 7) is 0. The van der Waals surface area contributed by atoms with Crippen molar-refractivity contribution in [1.29, 1.82) is 0 Å². The predicted octanol–water partition coefficient (Wildman–Crippen LogP) is 4.18. The maximum Gasteiger partial charge on any atom is 0.189 e. The van der Waals surface area contributed by atoms with Crippen molar-refractivity contribution in [1.82, 2.24) is 19.6 Å². The minimum atomic E-state index is -0.105. The van der Waals surface area contributed by atoms with E-state index in [-0.39, 0.29) is 5.78 Å². The van der Waals surface area contributed by atoms with Gasteiger partial charge in [0.2, 0.25) is 0 Å². The lowest BCUT2D eigenvalue weighted by atomic mass is 10.1. The second kappa shape index (κ2) is 7.98. The number of carbonyl (C=O) groups is 1. The molecule has 0 N–H and O–H groups in total. The predicted molar refractivity (Wildman–Crippen MR) is 112 cm³/mol. The van der Waals surface area contributed by atoms with Gasteiger partial charge in [0.25, 0.3) is 0 Å². The van der Waals surface area contributed by atoms with Crippen LogP contribution in [0.15, 0.2) is 79.3 Å². The van der Waals surface area contributed by atoms with Crippen LogP contribution in [0.4, 0.5) is 0 Å². The van der Waals surface area contributed by atoms with Crippen LogP contribution in [0, 0.1) is 0 Å². The molecule has 0 aliphatic rings. The van der Waals surface area contributed by atoms with Gasteiger partial charge in [0.15, 0.2) is 5.78 Å². The van der Waals surface area contributed by atoms with Crippen molar-refractivity contribution in [3.63, 3.8) is 0 Å². The number of allylic oxidation sites excluding steroid dienone is 1. The van der Waals surface area contributed by atoms with Crippen molar-refractivity contribution in [2.75, 3.05) is 7.11 Å². The lowest BCUT2D eigenvalue weighted by molar-refractivity contribution is 0.104. The molecule has 0 aliphatic heterocycles. The van der Waals surface area contributed by atoms with Crippen LogP contribution in [-0.4, -0.2) is 32.5 Å². The summed E-state index contributed by atoms with van der Waals surface area (Å²) in [7, 11) is 3.42. The average molecular weight is 384 g/mol. The van der Waals surface area contributed by atoms with Crippen molar-refractivity contribution in [3.8, 4) is 22.7 Å². The molecule has 0 radical (unpaired) electrons. The Hall–Kier alpha value is -3.93. The van der Waals surface area contributed by atoms with Gasteiger partial charge in [-0.05, 0) is 48.6 Å². The lowest BCUT2D eigenvalue weighted by Crippen LogP contribution is -1.94. The second-order valence-electron chi connectivity index (χ2n) is 6.54. The van der Waals surface area contributed by atoms with Crippen molar-refractivity contribution in [2.45, 2.75) is 0 Å². The van der Waals surface area contributed by atoms with Gasteiger partial charge in [0.1, 0.15) is 5.75 Å². The summed E-state index contributed by atoms with van der Waals surface area (Å²) in [5, 5.41) is 8.81. The van der Waals surface area contributed by atoms with Crippen LogP contribution in [0.1, 0.15) is 15.9 Å². The largest absolute Gasteiger partial charge is 0.497 e. The van der Waals surface area contributed by atoms with E-state index in [4.69, 9.17) is 9.84 Å². The molecule has 2 aromatic heterocycles. The molecule has 0 saturated carbocycles. The van der Waals surface area contributed by atoms with Gasteiger partial charge in [-0.1, -0.05) is 18.2 Å². The Morgan fingerprint density at radius 1 is 1.03 bits per heavy atom. The summed E-state index contributed by atoms with van der Waals surface area (Å²) < 4.78 is 8.67. The maximum absolute atomic E-state index is 12.5. The topological polar surface area (TPSA) is 61.9 Å². The Balaban J connectivity index is 1.73. The molecule has 6 heteroatoms. The molecule has 2 heterocycles. The quantitative estimate of drug-likeness (QED) is 0.370. The highest BCUT2D eigenvalue weighted by Gasteiger charge is 2.12. The third kappa shape index (κ3) is 4.01. The van der Waals surface area contributed by atoms with Crippen LogP contribution in [-0.2, 0) is 7.05 Å². The number of benzene rings is 2. The number of hydrogen-bond donors (Lipinski definition) is 0. The van der Waals surface area contributed by atoms with Crippen molar-refractivity contribution in [2.24, 2.45) is 7.05 Å². The first-order chi connectivity index (χ1) is 14.1. The summed E-state index contributed by atoms with van der Waals surface area (Å²) in [4.78, 5) is 12.5. The molecule has 0 amide bonds. The second-order valence-corrected chi connectivity index (χ2v) is 6.54. The van der Waals surface area contributed by atoms with Crippen LogP contribution in [0.25, 0.3) is 23.0 Å². The molecule has 6 nitrogen and oxygen atoms in total. The van der Waals surface area contributed by atoms with Crippen molar-refractivity contribution >= 4 is 11.9 Å². The standard InChI is InChI=1S/C23H20N4O2/c1-26-15-19(14-24-26)22(28)13-10-18-16-27(20-6-4-3-5-7-20)25-23(18)17-8-11-21(29-2)12-9-17/h3-16H,1-2H3/b13-10+. The monoisotopic (exact) mass is 384 g/mol. The minimum Gasteiger partial charge on any atom is -0.497 e. The minimum absolute atomic E-state index is 0.105. The van der Waals surface area contributed by atoms with E-state index in [1.165, 1.54) is 0 Å². The Morgan fingerprint density at radius 3 is 2.45 bits per heavy atom. The van der Waals surface area contributed by atoms with Crippen LogP contribution >= 0.6 is 0 Å². The molecule has 0 saturated heterocycles. The van der Waals surface area contributed by atoms with Crippen LogP contribution in [0.2, 0.25) is 0 Å². The van der Waals surface area contributed by atoms with Crippen LogP contribution in [0.5, 0.6) is 5.75 Å². The van der Waals surface area contributed by atoms with Gasteiger partial charge in [-0.2, -0.15) is 10.2 Å². The highest BCUT2D eigenvalue weighted by Crippen LogP contribution is 2.27. The number of aromatic nitrogens is 4. The summed E-state index contributed by atoms with van der Waals surface area (Å²) >= 11 is 0.